The summed E-state index contributed by atoms with van der Waals surface area (Å²) in [7, 11) is 0. The number of aryl methyl sites for hydroxylation is 1. The van der Waals surface area contributed by atoms with Gasteiger partial charge in [-0.2, -0.15) is 0 Å². The molecule has 0 unspecified atom stereocenters. The fraction of sp³-hybridized carbons (Fsp3) is 0.237. The molecule has 5 aromatic rings. The van der Waals surface area contributed by atoms with E-state index >= 15 is 0 Å². The Kier molecular flexibility index (Phi) is 10.2. The molecule has 2 aromatic heterocycles. The van der Waals surface area contributed by atoms with Crippen LogP contribution in [0.3, 0.4) is 0 Å². The Morgan fingerprint density at radius 1 is 0.918 bits per heavy atom. The van der Waals surface area contributed by atoms with Gasteiger partial charge in [0.15, 0.2) is 4.80 Å². The number of hydrogen-bond acceptors (Lipinski definition) is 7. The van der Waals surface area contributed by atoms with E-state index in [2.05, 4.69) is 10.6 Å². The van der Waals surface area contributed by atoms with Crippen LogP contribution in [-0.2, 0) is 16.1 Å². The minimum absolute atomic E-state index is 0.208. The van der Waals surface area contributed by atoms with Gasteiger partial charge >= 0.3 is 5.97 Å². The molecule has 11 heteroatoms. The first-order chi connectivity index (χ1) is 23.6. The van der Waals surface area contributed by atoms with Crippen molar-refractivity contribution in [2.45, 2.75) is 47.3 Å². The van der Waals surface area contributed by atoms with E-state index in [0.29, 0.717) is 55.4 Å². The number of carbonyl (C=O) groups is 1. The van der Waals surface area contributed by atoms with Crippen LogP contribution in [0.2, 0.25) is 10.0 Å². The smallest absolute Gasteiger partial charge is 0.338 e. The molecule has 0 radical (unpaired) electrons. The highest BCUT2D eigenvalue weighted by atomic mass is 35.5. The van der Waals surface area contributed by atoms with E-state index in [4.69, 9.17) is 42.4 Å². The molecule has 0 saturated heterocycles. The first-order valence-corrected chi connectivity index (χ1v) is 17.4. The van der Waals surface area contributed by atoms with E-state index in [-0.39, 0.29) is 12.2 Å². The van der Waals surface area contributed by atoms with E-state index < -0.39 is 12.0 Å². The molecule has 8 nitrogen and oxygen atoms in total. The van der Waals surface area contributed by atoms with Crippen molar-refractivity contribution >= 4 is 46.6 Å². The van der Waals surface area contributed by atoms with Gasteiger partial charge in [0, 0.05) is 32.7 Å². The Morgan fingerprint density at radius 2 is 1.61 bits per heavy atom. The van der Waals surface area contributed by atoms with Crippen molar-refractivity contribution in [3.05, 3.63) is 142 Å². The Bertz CT molecular complexity index is 2250. The van der Waals surface area contributed by atoms with E-state index in [1.165, 1.54) is 11.3 Å². The van der Waals surface area contributed by atoms with Crippen molar-refractivity contribution in [2.75, 3.05) is 13.2 Å². The molecule has 3 aromatic carbocycles. The summed E-state index contributed by atoms with van der Waals surface area (Å²) < 4.78 is 21.3. The minimum atomic E-state index is -0.697. The lowest BCUT2D eigenvalue weighted by atomic mass is 9.96. The predicted molar refractivity (Wildman–Crippen MR) is 194 cm³/mol. The van der Waals surface area contributed by atoms with Crippen LogP contribution in [0, 0.1) is 13.8 Å². The average Bonchev–Trinajstić information content (AvgIpc) is 3.53. The highest BCUT2D eigenvalue weighted by molar-refractivity contribution is 7.07. The Balaban J connectivity index is 1.34. The molecule has 1 aliphatic heterocycles. The van der Waals surface area contributed by atoms with Gasteiger partial charge in [-0.3, -0.25) is 9.36 Å². The highest BCUT2D eigenvalue weighted by Crippen LogP contribution is 2.32. The van der Waals surface area contributed by atoms with Crippen molar-refractivity contribution in [1.29, 1.82) is 0 Å². The summed E-state index contributed by atoms with van der Waals surface area (Å²) in [6, 6.07) is 22.0. The van der Waals surface area contributed by atoms with Crippen molar-refractivity contribution in [1.82, 2.24) is 9.13 Å². The summed E-state index contributed by atoms with van der Waals surface area (Å²) in [5.41, 5.74) is 6.07. The number of esters is 1. The molecule has 252 valence electrons. The van der Waals surface area contributed by atoms with E-state index in [9.17, 15) is 9.59 Å². The molecule has 0 saturated carbocycles. The summed E-state index contributed by atoms with van der Waals surface area (Å²) in [5.74, 6) is 0.918. The number of allylic oxidation sites excluding steroid dienone is 1. The second-order valence-electron chi connectivity index (χ2n) is 11.5. The number of fused-ring (bicyclic) bond motifs is 1. The Morgan fingerprint density at radius 3 is 2.29 bits per heavy atom. The van der Waals surface area contributed by atoms with Gasteiger partial charge in [-0.05, 0) is 106 Å². The molecular formula is C38H35Cl2N3O5S. The minimum Gasteiger partial charge on any atom is -0.494 e. The molecule has 3 heterocycles. The molecule has 0 fully saturated rings. The zero-order chi connectivity index (χ0) is 34.8. The number of nitrogens with zero attached hydrogens (tertiary/aromatic N) is 3. The molecule has 49 heavy (non-hydrogen) atoms. The van der Waals surface area contributed by atoms with Gasteiger partial charge < -0.3 is 18.8 Å². The lowest BCUT2D eigenvalue weighted by molar-refractivity contribution is -0.139. The summed E-state index contributed by atoms with van der Waals surface area (Å²) in [4.78, 5) is 32.6. The molecule has 6 rings (SSSR count). The van der Waals surface area contributed by atoms with Gasteiger partial charge in [-0.1, -0.05) is 52.7 Å². The Labute approximate surface area is 298 Å². The number of halogens is 2. The first kappa shape index (κ1) is 34.3. The number of carbonyl (C=O) groups excluding carboxylic acids is 1. The van der Waals surface area contributed by atoms with Crippen molar-refractivity contribution in [3.63, 3.8) is 0 Å². The molecular weight excluding hydrogens is 681 g/mol. The second kappa shape index (κ2) is 14.5. The average molecular weight is 717 g/mol. The quantitative estimate of drug-likeness (QED) is 0.140. The molecule has 0 N–H and O–H groups in total. The van der Waals surface area contributed by atoms with Gasteiger partial charge in [-0.15, -0.1) is 0 Å². The van der Waals surface area contributed by atoms with Crippen LogP contribution in [-0.4, -0.2) is 28.3 Å². The maximum absolute atomic E-state index is 14.2. The third kappa shape index (κ3) is 6.97. The van der Waals surface area contributed by atoms with Crippen molar-refractivity contribution < 1.29 is 19.0 Å². The van der Waals surface area contributed by atoms with Crippen molar-refractivity contribution in [2.24, 2.45) is 4.99 Å². The molecule has 0 aliphatic carbocycles. The van der Waals surface area contributed by atoms with Gasteiger partial charge in [0.2, 0.25) is 0 Å². The number of benzene rings is 3. The standard InChI is InChI=1S/C38H35Cl2N3O5S/c1-6-46-30-14-9-25(10-15-30)35-34(37(45)47-7-2)23(4)41-38-43(35)36(44)33(49-38)19-27-18-22(3)42(24(27)5)29-12-16-31(17-13-29)48-21-26-8-11-28(39)20-32(26)40/h8-20,35H,6-7,21H2,1-5H3/b33-19-/t35-/m1/s1. The zero-order valence-electron chi connectivity index (χ0n) is 27.8. The maximum atomic E-state index is 14.2. The largest absolute Gasteiger partial charge is 0.494 e. The van der Waals surface area contributed by atoms with Crippen LogP contribution < -0.4 is 24.4 Å². The topological polar surface area (TPSA) is 84.0 Å². The summed E-state index contributed by atoms with van der Waals surface area (Å²) in [6.07, 6.45) is 1.90. The zero-order valence-corrected chi connectivity index (χ0v) is 30.1. The number of aromatic nitrogens is 2. The van der Waals surface area contributed by atoms with Gasteiger partial charge in [0.05, 0.1) is 35.1 Å². The summed E-state index contributed by atoms with van der Waals surface area (Å²) in [5, 5.41) is 1.14. The predicted octanol–water partition coefficient (Wildman–Crippen LogP) is 7.49. The van der Waals surface area contributed by atoms with E-state index in [1.807, 2.05) is 81.4 Å². The second-order valence-corrected chi connectivity index (χ2v) is 13.3. The lowest BCUT2D eigenvalue weighted by Gasteiger charge is -2.24. The van der Waals surface area contributed by atoms with E-state index in [0.717, 1.165) is 33.8 Å². The molecule has 0 bridgehead atoms. The lowest BCUT2D eigenvalue weighted by Crippen LogP contribution is -2.39. The van der Waals surface area contributed by atoms with Crippen LogP contribution in [0.5, 0.6) is 11.5 Å². The third-order valence-electron chi connectivity index (χ3n) is 8.29. The van der Waals surface area contributed by atoms with Crippen LogP contribution >= 0.6 is 34.5 Å². The third-order valence-corrected chi connectivity index (χ3v) is 9.86. The molecule has 1 atom stereocenters. The number of ether oxygens (including phenoxy) is 3. The first-order valence-electron chi connectivity index (χ1n) is 15.9. The fourth-order valence-electron chi connectivity index (χ4n) is 5.98. The van der Waals surface area contributed by atoms with Crippen LogP contribution in [0.1, 0.15) is 54.9 Å². The van der Waals surface area contributed by atoms with Crippen LogP contribution in [0.25, 0.3) is 11.8 Å². The summed E-state index contributed by atoms with van der Waals surface area (Å²) >= 11 is 13.6. The van der Waals surface area contributed by atoms with Gasteiger partial charge in [-0.25, -0.2) is 9.79 Å². The molecule has 0 spiro atoms. The number of thiazole rings is 1. The number of hydrogen-bond donors (Lipinski definition) is 0. The van der Waals surface area contributed by atoms with Crippen LogP contribution in [0.4, 0.5) is 0 Å². The highest BCUT2D eigenvalue weighted by Gasteiger charge is 2.33. The fourth-order valence-corrected chi connectivity index (χ4v) is 7.48. The maximum Gasteiger partial charge on any atom is 0.338 e. The molecule has 1 aliphatic rings. The van der Waals surface area contributed by atoms with Crippen LogP contribution in [0.15, 0.2) is 93.9 Å². The Hall–Kier alpha value is -4.57. The van der Waals surface area contributed by atoms with Gasteiger partial charge in [0.25, 0.3) is 5.56 Å². The van der Waals surface area contributed by atoms with E-state index in [1.54, 1.807) is 30.5 Å². The SMILES string of the molecule is CCOC(=O)C1=C(C)N=c2s/c(=C\c3cc(C)n(-c4ccc(OCc5ccc(Cl)cc5Cl)cc4)c3C)c(=O)n2[C@@H]1c1ccc(OCC)cc1. The summed E-state index contributed by atoms with van der Waals surface area (Å²) in [6.45, 7) is 10.6. The number of rotatable bonds is 10. The normalized spacial score (nSPS) is 14.4. The van der Waals surface area contributed by atoms with Gasteiger partial charge in [0.1, 0.15) is 18.1 Å². The molecule has 0 amide bonds. The van der Waals surface area contributed by atoms with Crippen molar-refractivity contribution in [3.8, 4) is 17.2 Å². The monoisotopic (exact) mass is 715 g/mol.